The molecule has 11 nitrogen and oxygen atoms in total. The van der Waals surface area contributed by atoms with Crippen LogP contribution in [0.2, 0.25) is 0 Å². The Labute approximate surface area is 477 Å². The van der Waals surface area contributed by atoms with Crippen LogP contribution in [0.15, 0.2) is 243 Å². The minimum absolute atomic E-state index is 0.152. The highest BCUT2D eigenvalue weighted by molar-refractivity contribution is 5.20. The van der Waals surface area contributed by atoms with Gasteiger partial charge in [0.15, 0.2) is 6.29 Å². The SMILES string of the molecule is CO[C@@H]1O[C@H](COCc2ccccc2)[C@H](OCc2ccccc2)[C@H]([C@@H](OCc2ccccc2)[C@@H]2O[C@H](COCc3ccccc3)[C@H](OCc3ccccc3)[C@H](OCc3ccccc3)[C@H]2OCc2ccccc2)[C@H]1OCc1ccccc1. The van der Waals surface area contributed by atoms with E-state index in [1.54, 1.807) is 7.11 Å². The Hall–Kier alpha value is -6.68. The standard InChI is InChI=1S/C70H74O11/c1-71-70-66(77-47-57-36-20-7-21-37-57)62(63(74-44-54-30-14-4-15-31-54)60(81-70)50-72-42-52-26-10-2-11-27-52)65(76-46-56-34-18-6-19-35-56)69-68(79-49-59-40-24-9-25-41-59)67(78-48-58-38-22-8-23-39-58)64(75-45-55-32-16-5-17-33-55)61(80-69)51-73-43-53-28-12-3-13-29-53/h2-41,60-70H,42-51H2,1H3/t60-,61-,62-,63+,64+,65-,66-,67+,68-,69+,70-/m1/s1. The van der Waals surface area contributed by atoms with Gasteiger partial charge >= 0.3 is 0 Å². The number of ether oxygens (including phenoxy) is 11. The van der Waals surface area contributed by atoms with E-state index in [0.29, 0.717) is 13.2 Å². The van der Waals surface area contributed by atoms with Gasteiger partial charge in [0.1, 0.15) is 42.7 Å². The van der Waals surface area contributed by atoms with Crippen LogP contribution in [-0.2, 0) is 105 Å². The van der Waals surface area contributed by atoms with Gasteiger partial charge in [0, 0.05) is 13.0 Å². The molecule has 0 saturated carbocycles. The molecule has 2 aliphatic heterocycles. The summed E-state index contributed by atoms with van der Waals surface area (Å²) in [6.07, 6.45) is -7.89. The Bertz CT molecular complexity index is 2950. The average molecular weight is 1090 g/mol. The van der Waals surface area contributed by atoms with Crippen molar-refractivity contribution in [2.45, 2.75) is 114 Å². The predicted molar refractivity (Wildman–Crippen MR) is 310 cm³/mol. The van der Waals surface area contributed by atoms with Gasteiger partial charge in [0.2, 0.25) is 0 Å². The van der Waals surface area contributed by atoms with Gasteiger partial charge in [-0.2, -0.15) is 0 Å². The maximum atomic E-state index is 7.77. The predicted octanol–water partition coefficient (Wildman–Crippen LogP) is 12.7. The molecule has 8 aromatic carbocycles. The molecule has 420 valence electrons. The first kappa shape index (κ1) is 57.6. The molecule has 0 radical (unpaired) electrons. The third-order valence-corrected chi connectivity index (χ3v) is 14.8. The molecule has 2 saturated heterocycles. The first-order valence-corrected chi connectivity index (χ1v) is 28.2. The molecule has 0 bridgehead atoms. The highest BCUT2D eigenvalue weighted by Gasteiger charge is 2.59. The van der Waals surface area contributed by atoms with Crippen molar-refractivity contribution in [3.63, 3.8) is 0 Å². The van der Waals surface area contributed by atoms with Crippen LogP contribution in [0.1, 0.15) is 44.5 Å². The van der Waals surface area contributed by atoms with Gasteiger partial charge in [0.25, 0.3) is 0 Å². The molecular weight excluding hydrogens is 1020 g/mol. The second kappa shape index (κ2) is 30.9. The Kier molecular flexibility index (Phi) is 22.0. The maximum Gasteiger partial charge on any atom is 0.184 e. The molecule has 0 amide bonds. The smallest absolute Gasteiger partial charge is 0.184 e. The maximum absolute atomic E-state index is 7.77. The third-order valence-electron chi connectivity index (χ3n) is 14.8. The Morgan fingerprint density at radius 2 is 0.605 bits per heavy atom. The van der Waals surface area contributed by atoms with Crippen molar-refractivity contribution < 1.29 is 52.1 Å². The van der Waals surface area contributed by atoms with Crippen LogP contribution in [0.25, 0.3) is 0 Å². The fourth-order valence-electron chi connectivity index (χ4n) is 10.7. The first-order chi connectivity index (χ1) is 40.1. The van der Waals surface area contributed by atoms with Crippen LogP contribution in [0, 0.1) is 5.92 Å². The van der Waals surface area contributed by atoms with Crippen LogP contribution >= 0.6 is 0 Å². The van der Waals surface area contributed by atoms with Crippen LogP contribution in [0.3, 0.4) is 0 Å². The fraction of sp³-hybridized carbons (Fsp3) is 0.314. The van der Waals surface area contributed by atoms with Crippen molar-refractivity contribution in [1.82, 2.24) is 0 Å². The summed E-state index contributed by atoms with van der Waals surface area (Å²) in [4.78, 5) is 0. The van der Waals surface area contributed by atoms with Crippen molar-refractivity contribution in [2.75, 3.05) is 20.3 Å². The van der Waals surface area contributed by atoms with Gasteiger partial charge in [-0.25, -0.2) is 0 Å². The lowest BCUT2D eigenvalue weighted by atomic mass is 9.78. The van der Waals surface area contributed by atoms with Gasteiger partial charge in [0.05, 0.1) is 78.3 Å². The molecule has 10 rings (SSSR count). The van der Waals surface area contributed by atoms with Crippen LogP contribution in [0.5, 0.6) is 0 Å². The molecular formula is C70H74O11. The summed E-state index contributed by atoms with van der Waals surface area (Å²) in [5.41, 5.74) is 7.96. The van der Waals surface area contributed by atoms with Crippen molar-refractivity contribution in [3.8, 4) is 0 Å². The van der Waals surface area contributed by atoms with E-state index in [1.165, 1.54) is 0 Å². The van der Waals surface area contributed by atoms with E-state index in [-0.39, 0.29) is 52.9 Å². The molecule has 81 heavy (non-hydrogen) atoms. The van der Waals surface area contributed by atoms with Gasteiger partial charge in [-0.15, -0.1) is 0 Å². The Balaban J connectivity index is 1.13. The number of hydrogen-bond donors (Lipinski definition) is 0. The Morgan fingerprint density at radius 1 is 0.309 bits per heavy atom. The van der Waals surface area contributed by atoms with Crippen LogP contribution < -0.4 is 0 Å². The highest BCUT2D eigenvalue weighted by atomic mass is 16.7. The molecule has 11 heteroatoms. The topological polar surface area (TPSA) is 102 Å². The van der Waals surface area contributed by atoms with Crippen molar-refractivity contribution >= 4 is 0 Å². The Morgan fingerprint density at radius 3 is 0.975 bits per heavy atom. The molecule has 11 atom stereocenters. The molecule has 0 aliphatic carbocycles. The lowest BCUT2D eigenvalue weighted by Gasteiger charge is -2.53. The van der Waals surface area contributed by atoms with E-state index in [2.05, 4.69) is 97.1 Å². The highest BCUT2D eigenvalue weighted by Crippen LogP contribution is 2.42. The van der Waals surface area contributed by atoms with E-state index in [1.807, 2.05) is 146 Å². The summed E-state index contributed by atoms with van der Waals surface area (Å²) in [7, 11) is 1.65. The number of hydrogen-bond acceptors (Lipinski definition) is 11. The molecule has 2 aliphatic rings. The van der Waals surface area contributed by atoms with Crippen molar-refractivity contribution in [3.05, 3.63) is 287 Å². The molecule has 0 unspecified atom stereocenters. The van der Waals surface area contributed by atoms with Gasteiger partial charge in [-0.05, 0) is 44.5 Å². The fourth-order valence-corrected chi connectivity index (χ4v) is 10.7. The van der Waals surface area contributed by atoms with Gasteiger partial charge in [-0.1, -0.05) is 243 Å². The molecule has 2 fully saturated rings. The quantitative estimate of drug-likeness (QED) is 0.0448. The van der Waals surface area contributed by atoms with Crippen LogP contribution in [0.4, 0.5) is 0 Å². The zero-order valence-corrected chi connectivity index (χ0v) is 46.0. The van der Waals surface area contributed by atoms with Crippen LogP contribution in [-0.4, -0.2) is 81.5 Å². The summed E-state index contributed by atoms with van der Waals surface area (Å²) in [6.45, 7) is 2.49. The van der Waals surface area contributed by atoms with E-state index >= 15 is 0 Å². The van der Waals surface area contributed by atoms with Crippen molar-refractivity contribution in [2.24, 2.45) is 5.92 Å². The summed E-state index contributed by atoms with van der Waals surface area (Å²) in [6, 6.07) is 81.3. The molecule has 0 aromatic heterocycles. The molecule has 0 spiro atoms. The van der Waals surface area contributed by atoms with E-state index in [0.717, 1.165) is 44.5 Å². The normalized spacial score (nSPS) is 23.2. The summed E-state index contributed by atoms with van der Waals surface area (Å²) >= 11 is 0. The average Bonchev–Trinajstić information content (AvgIpc) is 3.59. The second-order valence-corrected chi connectivity index (χ2v) is 20.6. The first-order valence-electron chi connectivity index (χ1n) is 28.2. The number of benzene rings is 8. The minimum atomic E-state index is -0.909. The minimum Gasteiger partial charge on any atom is -0.374 e. The van der Waals surface area contributed by atoms with E-state index < -0.39 is 67.1 Å². The summed E-state index contributed by atoms with van der Waals surface area (Å²) < 4.78 is 78.7. The lowest BCUT2D eigenvalue weighted by Crippen LogP contribution is -2.69. The van der Waals surface area contributed by atoms with Gasteiger partial charge in [-0.3, -0.25) is 0 Å². The monoisotopic (exact) mass is 1090 g/mol. The molecule has 8 aromatic rings. The zero-order chi connectivity index (χ0) is 55.1. The zero-order valence-electron chi connectivity index (χ0n) is 46.0. The molecule has 2 heterocycles. The summed E-state index contributed by atoms with van der Waals surface area (Å²) in [5, 5.41) is 0. The number of methoxy groups -OCH3 is 1. The number of rotatable bonds is 29. The van der Waals surface area contributed by atoms with Crippen molar-refractivity contribution in [1.29, 1.82) is 0 Å². The second-order valence-electron chi connectivity index (χ2n) is 20.6. The lowest BCUT2D eigenvalue weighted by molar-refractivity contribution is -0.339. The third kappa shape index (κ3) is 16.7. The summed E-state index contributed by atoms with van der Waals surface area (Å²) in [5.74, 6) is -0.680. The van der Waals surface area contributed by atoms with E-state index in [4.69, 9.17) is 52.1 Å². The largest absolute Gasteiger partial charge is 0.374 e. The molecule has 0 N–H and O–H groups in total. The van der Waals surface area contributed by atoms with Gasteiger partial charge < -0.3 is 52.1 Å². The van der Waals surface area contributed by atoms with E-state index in [9.17, 15) is 0 Å².